The second-order valence-electron chi connectivity index (χ2n) is 6.48. The SMILES string of the molecule is C=Cc1c(C(C)C2CC2(C)C)noc1C=C(C)CC. The predicted octanol–water partition coefficient (Wildman–Crippen LogP) is 5.28. The Morgan fingerprint density at radius 3 is 2.68 bits per heavy atom. The summed E-state index contributed by atoms with van der Waals surface area (Å²) in [7, 11) is 0. The minimum Gasteiger partial charge on any atom is -0.356 e. The first-order valence-electron chi connectivity index (χ1n) is 7.20. The van der Waals surface area contributed by atoms with Crippen molar-refractivity contribution in [3.05, 3.63) is 29.2 Å². The van der Waals surface area contributed by atoms with Crippen molar-refractivity contribution in [1.82, 2.24) is 5.16 Å². The van der Waals surface area contributed by atoms with Crippen molar-refractivity contribution in [1.29, 1.82) is 0 Å². The first kappa shape index (κ1) is 14.1. The van der Waals surface area contributed by atoms with E-state index in [0.717, 1.165) is 23.4 Å². The lowest BCUT2D eigenvalue weighted by molar-refractivity contribution is 0.390. The van der Waals surface area contributed by atoms with Gasteiger partial charge in [0.05, 0.1) is 5.69 Å². The highest BCUT2D eigenvalue weighted by Gasteiger charge is 2.50. The van der Waals surface area contributed by atoms with Crippen molar-refractivity contribution in [3.8, 4) is 0 Å². The Labute approximate surface area is 116 Å². The summed E-state index contributed by atoms with van der Waals surface area (Å²) in [5.41, 5.74) is 3.89. The molecule has 19 heavy (non-hydrogen) atoms. The third-order valence-corrected chi connectivity index (χ3v) is 4.55. The highest BCUT2D eigenvalue weighted by Crippen LogP contribution is 2.58. The van der Waals surface area contributed by atoms with Gasteiger partial charge in [-0.25, -0.2) is 0 Å². The smallest absolute Gasteiger partial charge is 0.167 e. The molecule has 0 spiro atoms. The fraction of sp³-hybridized carbons (Fsp3) is 0.588. The normalized spacial score (nSPS) is 23.2. The molecular weight excluding hydrogens is 234 g/mol. The molecule has 2 heteroatoms. The number of aromatic nitrogens is 1. The Kier molecular flexibility index (Phi) is 3.71. The quantitative estimate of drug-likeness (QED) is 0.719. The maximum atomic E-state index is 5.53. The Balaban J connectivity index is 2.30. The average Bonchev–Trinajstić information content (AvgIpc) is 2.84. The molecule has 104 valence electrons. The van der Waals surface area contributed by atoms with Gasteiger partial charge in [-0.3, -0.25) is 0 Å². The molecule has 1 aliphatic rings. The van der Waals surface area contributed by atoms with Crippen LogP contribution in [0, 0.1) is 11.3 Å². The van der Waals surface area contributed by atoms with E-state index in [1.54, 1.807) is 0 Å². The van der Waals surface area contributed by atoms with Gasteiger partial charge < -0.3 is 4.52 Å². The zero-order valence-corrected chi connectivity index (χ0v) is 12.8. The van der Waals surface area contributed by atoms with Crippen LogP contribution in [-0.4, -0.2) is 5.16 Å². The van der Waals surface area contributed by atoms with Crippen molar-refractivity contribution in [2.75, 3.05) is 0 Å². The van der Waals surface area contributed by atoms with E-state index < -0.39 is 0 Å². The van der Waals surface area contributed by atoms with Crippen LogP contribution in [-0.2, 0) is 0 Å². The lowest BCUT2D eigenvalue weighted by Crippen LogP contribution is -2.03. The molecule has 0 saturated heterocycles. The first-order valence-corrected chi connectivity index (χ1v) is 7.20. The molecule has 0 bridgehead atoms. The van der Waals surface area contributed by atoms with Gasteiger partial charge in [-0.15, -0.1) is 0 Å². The van der Waals surface area contributed by atoms with Crippen LogP contribution in [0.5, 0.6) is 0 Å². The van der Waals surface area contributed by atoms with Crippen LogP contribution in [0.2, 0.25) is 0 Å². The molecule has 0 aliphatic heterocycles. The van der Waals surface area contributed by atoms with E-state index in [0.29, 0.717) is 17.3 Å². The highest BCUT2D eigenvalue weighted by molar-refractivity contribution is 5.63. The van der Waals surface area contributed by atoms with Crippen LogP contribution in [0.4, 0.5) is 0 Å². The summed E-state index contributed by atoms with van der Waals surface area (Å²) >= 11 is 0. The van der Waals surface area contributed by atoms with E-state index in [9.17, 15) is 0 Å². The molecule has 0 radical (unpaired) electrons. The lowest BCUT2D eigenvalue weighted by atomic mass is 9.93. The largest absolute Gasteiger partial charge is 0.356 e. The number of nitrogens with zero attached hydrogens (tertiary/aromatic N) is 1. The van der Waals surface area contributed by atoms with Crippen molar-refractivity contribution < 1.29 is 4.52 Å². The molecule has 0 aromatic carbocycles. The van der Waals surface area contributed by atoms with Gasteiger partial charge in [-0.2, -0.15) is 0 Å². The van der Waals surface area contributed by atoms with Crippen LogP contribution in [0.15, 0.2) is 16.7 Å². The van der Waals surface area contributed by atoms with Gasteiger partial charge in [0.1, 0.15) is 0 Å². The molecule has 1 aliphatic carbocycles. The third-order valence-electron chi connectivity index (χ3n) is 4.55. The van der Waals surface area contributed by atoms with E-state index >= 15 is 0 Å². The minimum absolute atomic E-state index is 0.441. The van der Waals surface area contributed by atoms with E-state index in [1.807, 2.05) is 6.08 Å². The van der Waals surface area contributed by atoms with Crippen molar-refractivity contribution in [3.63, 3.8) is 0 Å². The van der Waals surface area contributed by atoms with E-state index in [1.165, 1.54) is 12.0 Å². The monoisotopic (exact) mass is 259 g/mol. The van der Waals surface area contributed by atoms with Crippen molar-refractivity contribution in [2.45, 2.75) is 53.4 Å². The summed E-state index contributed by atoms with van der Waals surface area (Å²) in [6, 6.07) is 0. The molecule has 1 saturated carbocycles. The molecule has 2 rings (SSSR count). The van der Waals surface area contributed by atoms with E-state index in [-0.39, 0.29) is 0 Å². The first-order chi connectivity index (χ1) is 8.90. The van der Waals surface area contributed by atoms with Crippen LogP contribution in [0.3, 0.4) is 0 Å². The van der Waals surface area contributed by atoms with E-state index in [4.69, 9.17) is 4.52 Å². The number of allylic oxidation sites excluding steroid dienone is 1. The predicted molar refractivity (Wildman–Crippen MR) is 80.8 cm³/mol. The van der Waals surface area contributed by atoms with Crippen LogP contribution in [0.25, 0.3) is 12.2 Å². The molecule has 2 atom stereocenters. The summed E-state index contributed by atoms with van der Waals surface area (Å²) in [5, 5.41) is 4.31. The fourth-order valence-electron chi connectivity index (χ4n) is 2.84. The maximum absolute atomic E-state index is 5.53. The maximum Gasteiger partial charge on any atom is 0.167 e. The molecule has 1 aromatic rings. The third kappa shape index (κ3) is 2.68. The molecule has 1 fully saturated rings. The lowest BCUT2D eigenvalue weighted by Gasteiger charge is -2.11. The van der Waals surface area contributed by atoms with Gasteiger partial charge >= 0.3 is 0 Å². The van der Waals surface area contributed by atoms with Crippen molar-refractivity contribution >= 4 is 12.2 Å². The van der Waals surface area contributed by atoms with Gasteiger partial charge in [0.15, 0.2) is 5.76 Å². The zero-order valence-electron chi connectivity index (χ0n) is 12.8. The molecule has 1 aromatic heterocycles. The number of rotatable bonds is 5. The summed E-state index contributed by atoms with van der Waals surface area (Å²) in [6.45, 7) is 15.1. The summed E-state index contributed by atoms with van der Waals surface area (Å²) < 4.78 is 5.53. The highest BCUT2D eigenvalue weighted by atomic mass is 16.5. The Morgan fingerprint density at radius 1 is 1.58 bits per heavy atom. The second-order valence-corrected chi connectivity index (χ2v) is 6.48. The molecule has 2 nitrogen and oxygen atoms in total. The molecule has 0 amide bonds. The zero-order chi connectivity index (χ0) is 14.2. The Hall–Kier alpha value is -1.31. The standard InChI is InChI=1S/C17H25NO/c1-7-11(3)9-15-13(8-2)16(18-19-15)12(4)14-10-17(14,5)6/h8-9,12,14H,2,7,10H2,1,3-6H3. The number of hydrogen-bond donors (Lipinski definition) is 0. The van der Waals surface area contributed by atoms with Crippen molar-refractivity contribution in [2.24, 2.45) is 11.3 Å². The number of hydrogen-bond acceptors (Lipinski definition) is 2. The topological polar surface area (TPSA) is 26.0 Å². The summed E-state index contributed by atoms with van der Waals surface area (Å²) in [6.07, 6.45) is 6.26. The molecule has 0 N–H and O–H groups in total. The molecule has 2 unspecified atom stereocenters. The Bertz CT molecular complexity index is 507. The minimum atomic E-state index is 0.441. The van der Waals surface area contributed by atoms with Gasteiger partial charge in [0, 0.05) is 11.5 Å². The van der Waals surface area contributed by atoms with Gasteiger partial charge in [0.2, 0.25) is 0 Å². The second kappa shape index (κ2) is 4.99. The average molecular weight is 259 g/mol. The fourth-order valence-corrected chi connectivity index (χ4v) is 2.84. The molecule has 1 heterocycles. The summed E-state index contributed by atoms with van der Waals surface area (Å²) in [4.78, 5) is 0. The molecular formula is C17H25NO. The Morgan fingerprint density at radius 2 is 2.21 bits per heavy atom. The van der Waals surface area contributed by atoms with Crippen LogP contribution < -0.4 is 0 Å². The van der Waals surface area contributed by atoms with Gasteiger partial charge in [0.25, 0.3) is 0 Å². The van der Waals surface area contributed by atoms with E-state index in [2.05, 4.69) is 52.4 Å². The van der Waals surface area contributed by atoms with Gasteiger partial charge in [-0.1, -0.05) is 51.1 Å². The van der Waals surface area contributed by atoms with Crippen LogP contribution >= 0.6 is 0 Å². The van der Waals surface area contributed by atoms with Crippen LogP contribution in [0.1, 0.15) is 70.4 Å². The summed E-state index contributed by atoms with van der Waals surface area (Å²) in [5.74, 6) is 2.01. The van der Waals surface area contributed by atoms with Gasteiger partial charge in [-0.05, 0) is 37.2 Å².